The van der Waals surface area contributed by atoms with Crippen molar-refractivity contribution in [2.75, 3.05) is 25.0 Å². The van der Waals surface area contributed by atoms with Crippen LogP contribution in [0.15, 0.2) is 41.0 Å². The Balaban J connectivity index is 1.72. The molecule has 0 radical (unpaired) electrons. The van der Waals surface area contributed by atoms with E-state index in [9.17, 15) is 10.1 Å². The molecule has 1 N–H and O–H groups in total. The number of rotatable bonds is 6. The zero-order valence-electron chi connectivity index (χ0n) is 13.3. The molecule has 2 heterocycles. The molecular weight excluding hydrogens is 330 g/mol. The smallest absolute Gasteiger partial charge is 0.271 e. The van der Waals surface area contributed by atoms with Crippen molar-refractivity contribution in [1.29, 1.82) is 0 Å². The largest absolute Gasteiger partial charge is 0.468 e. The number of piperidine rings is 1. The number of nitro benzene ring substituents is 1. The first-order valence-electron chi connectivity index (χ1n) is 8.10. The highest BCUT2D eigenvalue weighted by atomic mass is 35.5. The van der Waals surface area contributed by atoms with Gasteiger partial charge in [-0.2, -0.15) is 0 Å². The number of non-ortho nitro benzene ring substituents is 1. The zero-order chi connectivity index (χ0) is 16.9. The summed E-state index contributed by atoms with van der Waals surface area (Å²) >= 11 is 6.16. The molecule has 1 atom stereocenters. The van der Waals surface area contributed by atoms with E-state index in [0.717, 1.165) is 18.8 Å². The lowest BCUT2D eigenvalue weighted by Gasteiger charge is -2.33. The Bertz CT molecular complexity index is 684. The van der Waals surface area contributed by atoms with Crippen LogP contribution >= 0.6 is 11.6 Å². The Morgan fingerprint density at radius 1 is 1.29 bits per heavy atom. The SMILES string of the molecule is O=[N+]([O-])c1ccc(NCC(c2ccco2)N2CCCCC2)c(Cl)c1. The van der Waals surface area contributed by atoms with Crippen LogP contribution in [0.3, 0.4) is 0 Å². The maximum absolute atomic E-state index is 10.8. The van der Waals surface area contributed by atoms with Crippen LogP contribution in [0.1, 0.15) is 31.1 Å². The number of furan rings is 1. The summed E-state index contributed by atoms with van der Waals surface area (Å²) in [5.74, 6) is 0.919. The van der Waals surface area contributed by atoms with Crippen molar-refractivity contribution in [3.05, 3.63) is 57.5 Å². The van der Waals surface area contributed by atoms with Gasteiger partial charge in [-0.15, -0.1) is 0 Å². The maximum atomic E-state index is 10.8. The van der Waals surface area contributed by atoms with Gasteiger partial charge in [-0.25, -0.2) is 0 Å². The van der Waals surface area contributed by atoms with Crippen LogP contribution in [0.5, 0.6) is 0 Å². The van der Waals surface area contributed by atoms with E-state index in [4.69, 9.17) is 16.0 Å². The standard InChI is InChI=1S/C17H20ClN3O3/c18-14-11-13(21(22)23)6-7-15(14)19-12-16(17-5-4-10-24-17)20-8-2-1-3-9-20/h4-7,10-11,16,19H,1-3,8-9,12H2. The van der Waals surface area contributed by atoms with Crippen LogP contribution in [0, 0.1) is 10.1 Å². The molecule has 0 bridgehead atoms. The number of hydrogen-bond donors (Lipinski definition) is 1. The fourth-order valence-electron chi connectivity index (χ4n) is 3.09. The van der Waals surface area contributed by atoms with E-state index >= 15 is 0 Å². The molecule has 1 aliphatic heterocycles. The van der Waals surface area contributed by atoms with Gasteiger partial charge in [0.15, 0.2) is 0 Å². The normalized spacial score (nSPS) is 16.7. The number of hydrogen-bond acceptors (Lipinski definition) is 5. The maximum Gasteiger partial charge on any atom is 0.271 e. The van der Waals surface area contributed by atoms with Crippen molar-refractivity contribution in [3.8, 4) is 0 Å². The number of nitrogens with zero attached hydrogens (tertiary/aromatic N) is 2. The summed E-state index contributed by atoms with van der Waals surface area (Å²) in [7, 11) is 0. The van der Waals surface area contributed by atoms with Crippen LogP contribution in [-0.2, 0) is 0 Å². The second-order valence-electron chi connectivity index (χ2n) is 5.93. The van der Waals surface area contributed by atoms with Crippen molar-refractivity contribution >= 4 is 23.0 Å². The number of anilines is 1. The Morgan fingerprint density at radius 2 is 2.08 bits per heavy atom. The molecule has 1 saturated heterocycles. The van der Waals surface area contributed by atoms with Crippen molar-refractivity contribution < 1.29 is 9.34 Å². The van der Waals surface area contributed by atoms with Gasteiger partial charge in [0, 0.05) is 18.7 Å². The molecule has 6 nitrogen and oxygen atoms in total. The predicted octanol–water partition coefficient (Wildman–Crippen LogP) is 4.48. The molecule has 1 aromatic heterocycles. The molecule has 3 rings (SSSR count). The van der Waals surface area contributed by atoms with E-state index in [1.54, 1.807) is 12.3 Å². The molecule has 1 fully saturated rings. The zero-order valence-corrected chi connectivity index (χ0v) is 14.0. The van der Waals surface area contributed by atoms with Crippen LogP contribution in [0.25, 0.3) is 0 Å². The average molecular weight is 350 g/mol. The predicted molar refractivity (Wildman–Crippen MR) is 93.5 cm³/mol. The first-order valence-corrected chi connectivity index (χ1v) is 8.48. The number of nitrogens with one attached hydrogen (secondary N) is 1. The molecule has 1 unspecified atom stereocenters. The highest BCUT2D eigenvalue weighted by Crippen LogP contribution is 2.29. The fourth-order valence-corrected chi connectivity index (χ4v) is 3.33. The quantitative estimate of drug-likeness (QED) is 0.615. The van der Waals surface area contributed by atoms with Crippen LogP contribution in [-0.4, -0.2) is 29.5 Å². The Kier molecular flexibility index (Phi) is 5.37. The molecule has 1 aliphatic rings. The van der Waals surface area contributed by atoms with Gasteiger partial charge in [-0.05, 0) is 44.1 Å². The fraction of sp³-hybridized carbons (Fsp3) is 0.412. The molecule has 7 heteroatoms. The van der Waals surface area contributed by atoms with E-state index in [-0.39, 0.29) is 11.7 Å². The van der Waals surface area contributed by atoms with Crippen molar-refractivity contribution in [2.24, 2.45) is 0 Å². The van der Waals surface area contributed by atoms with Crippen molar-refractivity contribution in [3.63, 3.8) is 0 Å². The van der Waals surface area contributed by atoms with Crippen molar-refractivity contribution in [1.82, 2.24) is 4.90 Å². The third-order valence-electron chi connectivity index (χ3n) is 4.35. The summed E-state index contributed by atoms with van der Waals surface area (Å²) in [4.78, 5) is 12.8. The molecule has 0 saturated carbocycles. The molecule has 0 spiro atoms. The van der Waals surface area contributed by atoms with E-state index in [2.05, 4.69) is 10.2 Å². The first kappa shape index (κ1) is 16.8. The lowest BCUT2D eigenvalue weighted by Crippen LogP contribution is -2.37. The summed E-state index contributed by atoms with van der Waals surface area (Å²) in [6.45, 7) is 2.72. The average Bonchev–Trinajstić information content (AvgIpc) is 3.11. The molecule has 128 valence electrons. The van der Waals surface area contributed by atoms with Gasteiger partial charge < -0.3 is 9.73 Å². The Morgan fingerprint density at radius 3 is 2.71 bits per heavy atom. The molecule has 1 aromatic carbocycles. The van der Waals surface area contributed by atoms with Crippen LogP contribution < -0.4 is 5.32 Å². The minimum atomic E-state index is -0.449. The molecule has 2 aromatic rings. The molecular formula is C17H20ClN3O3. The summed E-state index contributed by atoms with van der Waals surface area (Å²) < 4.78 is 5.61. The van der Waals surface area contributed by atoms with Gasteiger partial charge in [-0.3, -0.25) is 15.0 Å². The van der Waals surface area contributed by atoms with Gasteiger partial charge >= 0.3 is 0 Å². The highest BCUT2D eigenvalue weighted by Gasteiger charge is 2.24. The summed E-state index contributed by atoms with van der Waals surface area (Å²) in [5.41, 5.74) is 0.681. The van der Waals surface area contributed by atoms with Crippen LogP contribution in [0.4, 0.5) is 11.4 Å². The van der Waals surface area contributed by atoms with E-state index in [1.165, 1.54) is 31.4 Å². The number of benzene rings is 1. The number of halogens is 1. The van der Waals surface area contributed by atoms with E-state index < -0.39 is 4.92 Å². The van der Waals surface area contributed by atoms with Gasteiger partial charge in [-0.1, -0.05) is 18.0 Å². The van der Waals surface area contributed by atoms with Gasteiger partial charge in [0.25, 0.3) is 5.69 Å². The van der Waals surface area contributed by atoms with Gasteiger partial charge in [0.05, 0.1) is 27.9 Å². The van der Waals surface area contributed by atoms with Crippen molar-refractivity contribution in [2.45, 2.75) is 25.3 Å². The summed E-state index contributed by atoms with van der Waals surface area (Å²) in [6.07, 6.45) is 5.33. The third-order valence-corrected chi connectivity index (χ3v) is 4.67. The minimum absolute atomic E-state index is 0.0100. The lowest BCUT2D eigenvalue weighted by atomic mass is 10.1. The van der Waals surface area contributed by atoms with E-state index in [0.29, 0.717) is 17.3 Å². The monoisotopic (exact) mass is 349 g/mol. The second kappa shape index (κ2) is 7.68. The third kappa shape index (κ3) is 3.88. The first-order chi connectivity index (χ1) is 11.6. The minimum Gasteiger partial charge on any atom is -0.468 e. The Labute approximate surface area is 145 Å². The van der Waals surface area contributed by atoms with E-state index in [1.807, 2.05) is 12.1 Å². The summed E-state index contributed by atoms with van der Waals surface area (Å²) in [6, 6.07) is 8.47. The topological polar surface area (TPSA) is 71.5 Å². The highest BCUT2D eigenvalue weighted by molar-refractivity contribution is 6.33. The van der Waals surface area contributed by atoms with Crippen LogP contribution in [0.2, 0.25) is 5.02 Å². The van der Waals surface area contributed by atoms with Gasteiger partial charge in [0.1, 0.15) is 5.76 Å². The number of nitro groups is 1. The van der Waals surface area contributed by atoms with Gasteiger partial charge in [0.2, 0.25) is 0 Å². The molecule has 0 aliphatic carbocycles. The molecule has 24 heavy (non-hydrogen) atoms. The Hall–Kier alpha value is -2.05. The summed E-state index contributed by atoms with van der Waals surface area (Å²) in [5, 5.41) is 14.5. The molecule has 0 amide bonds. The number of likely N-dealkylation sites (tertiary alicyclic amines) is 1. The lowest BCUT2D eigenvalue weighted by molar-refractivity contribution is -0.384. The second-order valence-corrected chi connectivity index (χ2v) is 6.34.